The topological polar surface area (TPSA) is 141 Å². The van der Waals surface area contributed by atoms with Crippen LogP contribution < -0.4 is 20.1 Å². The summed E-state index contributed by atoms with van der Waals surface area (Å²) in [6, 6.07) is 20.7. The molecule has 2 atom stereocenters. The highest BCUT2D eigenvalue weighted by atomic mass is 16.5. The molecule has 0 aromatic heterocycles. The van der Waals surface area contributed by atoms with E-state index in [0.29, 0.717) is 61.0 Å². The fourth-order valence-electron chi connectivity index (χ4n) is 5.83. The molecule has 242 valence electrons. The number of rotatable bonds is 10. The Hall–Kier alpha value is -5.10. The van der Waals surface area contributed by atoms with Crippen molar-refractivity contribution in [2.75, 3.05) is 57.0 Å². The number of nitrogens with one attached hydrogen (secondary N) is 2. The number of aryl methyl sites for hydroxylation is 1. The molecule has 2 saturated heterocycles. The van der Waals surface area contributed by atoms with Gasteiger partial charge in [0.05, 0.1) is 32.3 Å². The fraction of sp³-hybridized carbons (Fsp3) is 0.353. The summed E-state index contributed by atoms with van der Waals surface area (Å²) in [5.41, 5.74) is 2.71. The van der Waals surface area contributed by atoms with Crippen LogP contribution in [0.5, 0.6) is 11.5 Å². The number of nitrogens with zero attached hydrogens (tertiary/aromatic N) is 3. The third kappa shape index (κ3) is 8.13. The summed E-state index contributed by atoms with van der Waals surface area (Å²) in [6.07, 6.45) is -0.0152. The Morgan fingerprint density at radius 2 is 1.59 bits per heavy atom. The number of benzene rings is 3. The van der Waals surface area contributed by atoms with E-state index in [-0.39, 0.29) is 37.4 Å². The molecule has 3 aromatic rings. The van der Waals surface area contributed by atoms with E-state index in [1.165, 1.54) is 7.11 Å². The second-order valence-corrected chi connectivity index (χ2v) is 11.5. The predicted octanol–water partition coefficient (Wildman–Crippen LogP) is 3.47. The van der Waals surface area contributed by atoms with Gasteiger partial charge in [-0.15, -0.1) is 0 Å². The summed E-state index contributed by atoms with van der Waals surface area (Å²) in [4.78, 5) is 56.5. The van der Waals surface area contributed by atoms with Crippen molar-refractivity contribution in [3.8, 4) is 11.5 Å². The lowest BCUT2D eigenvalue weighted by atomic mass is 10.1. The molecule has 46 heavy (non-hydrogen) atoms. The smallest absolute Gasteiger partial charge is 0.323 e. The summed E-state index contributed by atoms with van der Waals surface area (Å²) in [6.45, 7) is 3.75. The van der Waals surface area contributed by atoms with Crippen LogP contribution in [0.2, 0.25) is 0 Å². The third-order valence-electron chi connectivity index (χ3n) is 8.22. The van der Waals surface area contributed by atoms with Gasteiger partial charge < -0.3 is 35.0 Å². The van der Waals surface area contributed by atoms with Crippen molar-refractivity contribution in [1.82, 2.24) is 14.7 Å². The number of hydrogen-bond donors (Lipinski definition) is 3. The van der Waals surface area contributed by atoms with Gasteiger partial charge in [0.15, 0.2) is 0 Å². The summed E-state index contributed by atoms with van der Waals surface area (Å²) in [5.74, 6) is -0.251. The van der Waals surface area contributed by atoms with Crippen molar-refractivity contribution in [3.05, 3.63) is 83.9 Å². The van der Waals surface area contributed by atoms with E-state index in [4.69, 9.17) is 14.6 Å². The molecule has 0 saturated carbocycles. The van der Waals surface area contributed by atoms with E-state index >= 15 is 0 Å². The number of piperazine rings is 1. The molecule has 2 aliphatic rings. The Morgan fingerprint density at radius 3 is 2.28 bits per heavy atom. The second kappa shape index (κ2) is 14.8. The number of carboxylic acids is 1. The monoisotopic (exact) mass is 629 g/mol. The van der Waals surface area contributed by atoms with Crippen LogP contribution in [0.15, 0.2) is 72.8 Å². The molecule has 0 radical (unpaired) electrons. The van der Waals surface area contributed by atoms with E-state index < -0.39 is 18.0 Å². The molecule has 3 N–H and O–H groups in total. The lowest BCUT2D eigenvalue weighted by Crippen LogP contribution is -2.55. The molecule has 2 heterocycles. The fourth-order valence-corrected chi connectivity index (χ4v) is 5.83. The van der Waals surface area contributed by atoms with Gasteiger partial charge in [-0.2, -0.15) is 0 Å². The maximum atomic E-state index is 13.8. The Bertz CT molecular complexity index is 1560. The van der Waals surface area contributed by atoms with Crippen LogP contribution in [0.1, 0.15) is 17.5 Å². The lowest BCUT2D eigenvalue weighted by molar-refractivity contribution is -0.145. The normalized spacial score (nSPS) is 18.1. The second-order valence-electron chi connectivity index (χ2n) is 11.5. The molecule has 2 fully saturated rings. The van der Waals surface area contributed by atoms with Gasteiger partial charge in [-0.25, -0.2) is 4.79 Å². The SMILES string of the molecule is COc1cc(CC(=O)N2CC(Oc3ccccc3)C[C@H]2C(=O)N2CCN(CC(=O)O)CC2)ccc1NC(=O)Nc1ccccc1C. The Balaban J connectivity index is 1.27. The van der Waals surface area contributed by atoms with Gasteiger partial charge in [0.2, 0.25) is 11.8 Å². The number of para-hydroxylation sites is 2. The summed E-state index contributed by atoms with van der Waals surface area (Å²) in [5, 5.41) is 14.7. The number of anilines is 2. The molecule has 0 spiro atoms. The van der Waals surface area contributed by atoms with Gasteiger partial charge in [-0.05, 0) is 48.4 Å². The van der Waals surface area contributed by atoms with Crippen molar-refractivity contribution in [3.63, 3.8) is 0 Å². The average molecular weight is 630 g/mol. The molecule has 5 rings (SSSR count). The summed E-state index contributed by atoms with van der Waals surface area (Å²) in [7, 11) is 1.49. The van der Waals surface area contributed by atoms with Gasteiger partial charge in [0, 0.05) is 38.3 Å². The molecule has 0 bridgehead atoms. The zero-order chi connectivity index (χ0) is 32.6. The number of carboxylic acid groups (broad SMARTS) is 1. The Morgan fingerprint density at radius 1 is 0.891 bits per heavy atom. The molecule has 4 amide bonds. The largest absolute Gasteiger partial charge is 0.495 e. The number of carbonyl (C=O) groups excluding carboxylic acids is 3. The van der Waals surface area contributed by atoms with Gasteiger partial charge in [0.1, 0.15) is 23.6 Å². The van der Waals surface area contributed by atoms with Crippen molar-refractivity contribution in [2.24, 2.45) is 0 Å². The number of urea groups is 1. The van der Waals surface area contributed by atoms with Crippen LogP contribution in [-0.2, 0) is 20.8 Å². The molecule has 1 unspecified atom stereocenters. The highest BCUT2D eigenvalue weighted by molar-refractivity contribution is 6.01. The zero-order valence-electron chi connectivity index (χ0n) is 26.0. The number of aliphatic carboxylic acids is 1. The van der Waals surface area contributed by atoms with E-state index in [1.54, 1.807) is 32.9 Å². The van der Waals surface area contributed by atoms with E-state index in [0.717, 1.165) is 5.56 Å². The first-order valence-electron chi connectivity index (χ1n) is 15.2. The Kier molecular flexibility index (Phi) is 10.4. The average Bonchev–Trinajstić information content (AvgIpc) is 3.47. The summed E-state index contributed by atoms with van der Waals surface area (Å²) >= 11 is 0. The minimum absolute atomic E-state index is 0.0142. The van der Waals surface area contributed by atoms with Crippen molar-refractivity contribution >= 4 is 35.2 Å². The van der Waals surface area contributed by atoms with Crippen molar-refractivity contribution < 1.29 is 33.8 Å². The number of methoxy groups -OCH3 is 1. The number of hydrogen-bond acceptors (Lipinski definition) is 7. The maximum Gasteiger partial charge on any atom is 0.323 e. The molecule has 0 aliphatic carbocycles. The van der Waals surface area contributed by atoms with Crippen molar-refractivity contribution in [1.29, 1.82) is 0 Å². The molecule has 12 nitrogen and oxygen atoms in total. The van der Waals surface area contributed by atoms with Crippen molar-refractivity contribution in [2.45, 2.75) is 31.9 Å². The van der Waals surface area contributed by atoms with E-state index in [1.807, 2.05) is 61.5 Å². The molecule has 2 aliphatic heterocycles. The lowest BCUT2D eigenvalue weighted by Gasteiger charge is -2.36. The zero-order valence-corrected chi connectivity index (χ0v) is 26.0. The number of carbonyl (C=O) groups is 4. The van der Waals surface area contributed by atoms with Crippen LogP contribution in [-0.4, -0.2) is 102 Å². The predicted molar refractivity (Wildman–Crippen MR) is 172 cm³/mol. The van der Waals surface area contributed by atoms with Crippen LogP contribution in [0.4, 0.5) is 16.2 Å². The number of amides is 4. The van der Waals surface area contributed by atoms with Gasteiger partial charge in [0.25, 0.3) is 0 Å². The number of ether oxygens (including phenoxy) is 2. The van der Waals surface area contributed by atoms with E-state index in [2.05, 4.69) is 10.6 Å². The minimum Gasteiger partial charge on any atom is -0.495 e. The third-order valence-corrected chi connectivity index (χ3v) is 8.22. The molecular formula is C34H39N5O7. The Labute approximate surface area is 267 Å². The number of likely N-dealkylation sites (tertiary alicyclic amines) is 1. The highest BCUT2D eigenvalue weighted by Gasteiger charge is 2.42. The van der Waals surface area contributed by atoms with Gasteiger partial charge >= 0.3 is 12.0 Å². The first kappa shape index (κ1) is 32.3. The highest BCUT2D eigenvalue weighted by Crippen LogP contribution is 2.29. The van der Waals surface area contributed by atoms with E-state index in [9.17, 15) is 19.2 Å². The minimum atomic E-state index is -0.903. The summed E-state index contributed by atoms with van der Waals surface area (Å²) < 4.78 is 11.7. The first-order valence-corrected chi connectivity index (χ1v) is 15.2. The van der Waals surface area contributed by atoms with Gasteiger partial charge in [-0.1, -0.05) is 42.5 Å². The van der Waals surface area contributed by atoms with Crippen LogP contribution in [0.25, 0.3) is 0 Å². The van der Waals surface area contributed by atoms with Crippen LogP contribution in [0, 0.1) is 6.92 Å². The van der Waals surface area contributed by atoms with Crippen LogP contribution in [0.3, 0.4) is 0 Å². The molecule has 12 heteroatoms. The molecule has 3 aromatic carbocycles. The van der Waals surface area contributed by atoms with Crippen LogP contribution >= 0.6 is 0 Å². The maximum absolute atomic E-state index is 13.8. The molecular weight excluding hydrogens is 590 g/mol. The quantitative estimate of drug-likeness (QED) is 0.310. The first-order chi connectivity index (χ1) is 22.2. The van der Waals surface area contributed by atoms with Gasteiger partial charge in [-0.3, -0.25) is 19.3 Å². The standard InChI is InChI=1S/C34H39N5O7/c1-23-8-6-7-11-27(23)35-34(44)36-28-13-12-24(18-30(28)45-2)19-31(40)39-21-26(46-25-9-4-3-5-10-25)20-29(39)33(43)38-16-14-37(15-17-38)22-32(41)42/h3-13,18,26,29H,14-17,19-22H2,1-2H3,(H,41,42)(H2,35,36,44)/t26?,29-/m0/s1.